The zero-order chi connectivity index (χ0) is 11.1. The van der Waals surface area contributed by atoms with Gasteiger partial charge >= 0.3 is 0 Å². The first kappa shape index (κ1) is 11.0. The molecule has 0 aromatic heterocycles. The summed E-state index contributed by atoms with van der Waals surface area (Å²) in [7, 11) is 0. The smallest absolute Gasteiger partial charge is 0.00850 e. The molecule has 0 amide bonds. The molecule has 1 unspecified atom stereocenters. The van der Waals surface area contributed by atoms with Crippen LogP contribution in [0.15, 0.2) is 23.8 Å². The molecule has 2 aliphatic rings. The number of hydrogen-bond donors (Lipinski definition) is 0. The minimum atomic E-state index is 0.486. The van der Waals surface area contributed by atoms with E-state index in [4.69, 9.17) is 0 Å². The monoisotopic (exact) mass is 204 g/mol. The summed E-state index contributed by atoms with van der Waals surface area (Å²) in [6.07, 6.45) is 9.28. The molecule has 0 saturated heterocycles. The van der Waals surface area contributed by atoms with Crippen molar-refractivity contribution < 1.29 is 0 Å². The summed E-state index contributed by atoms with van der Waals surface area (Å²) in [4.78, 5) is 0. The van der Waals surface area contributed by atoms with E-state index in [1.54, 1.807) is 5.57 Å². The molecule has 1 saturated carbocycles. The highest BCUT2D eigenvalue weighted by atomic mass is 14.5. The Balaban J connectivity index is 2.26. The average Bonchev–Trinajstić information content (AvgIpc) is 2.19. The summed E-state index contributed by atoms with van der Waals surface area (Å²) in [6.45, 7) is 11.3. The van der Waals surface area contributed by atoms with Crippen molar-refractivity contribution in [3.05, 3.63) is 23.8 Å². The first-order valence-corrected chi connectivity index (χ1v) is 6.39. The lowest BCUT2D eigenvalue weighted by molar-refractivity contribution is 0.152. The van der Waals surface area contributed by atoms with Crippen molar-refractivity contribution in [2.45, 2.75) is 52.9 Å². The van der Waals surface area contributed by atoms with E-state index in [-0.39, 0.29) is 0 Å². The lowest BCUT2D eigenvalue weighted by Gasteiger charge is -2.47. The molecule has 0 aromatic rings. The highest BCUT2D eigenvalue weighted by molar-refractivity contribution is 5.23. The van der Waals surface area contributed by atoms with Crippen LogP contribution < -0.4 is 0 Å². The van der Waals surface area contributed by atoms with Gasteiger partial charge in [0.15, 0.2) is 0 Å². The van der Waals surface area contributed by atoms with Crippen molar-refractivity contribution in [3.8, 4) is 0 Å². The number of rotatable bonds is 1. The van der Waals surface area contributed by atoms with Crippen molar-refractivity contribution in [2.75, 3.05) is 0 Å². The number of allylic oxidation sites excluding steroid dienone is 3. The summed E-state index contributed by atoms with van der Waals surface area (Å²) < 4.78 is 0. The van der Waals surface area contributed by atoms with Crippen LogP contribution >= 0.6 is 0 Å². The van der Waals surface area contributed by atoms with Crippen molar-refractivity contribution in [1.82, 2.24) is 0 Å². The average molecular weight is 204 g/mol. The Morgan fingerprint density at radius 3 is 2.93 bits per heavy atom. The van der Waals surface area contributed by atoms with Crippen LogP contribution in [0, 0.1) is 17.3 Å². The van der Waals surface area contributed by atoms with Crippen molar-refractivity contribution in [1.29, 1.82) is 0 Å². The van der Waals surface area contributed by atoms with Crippen LogP contribution in [0.1, 0.15) is 52.9 Å². The molecule has 0 aromatic carbocycles. The van der Waals surface area contributed by atoms with Gasteiger partial charge in [0.2, 0.25) is 0 Å². The quantitative estimate of drug-likeness (QED) is 0.542. The van der Waals surface area contributed by atoms with Gasteiger partial charge in [-0.2, -0.15) is 0 Å². The molecule has 1 fully saturated rings. The minimum Gasteiger partial charge on any atom is -0.0998 e. The van der Waals surface area contributed by atoms with Gasteiger partial charge in [0.25, 0.3) is 0 Å². The molecule has 2 aliphatic carbocycles. The third-order valence-corrected chi connectivity index (χ3v) is 4.92. The van der Waals surface area contributed by atoms with E-state index in [9.17, 15) is 0 Å². The molecule has 0 heterocycles. The highest BCUT2D eigenvalue weighted by Crippen LogP contribution is 2.52. The van der Waals surface area contributed by atoms with Crippen LogP contribution in [0.25, 0.3) is 0 Å². The minimum absolute atomic E-state index is 0.486. The normalized spacial score (nSPS) is 40.6. The van der Waals surface area contributed by atoms with E-state index in [1.807, 2.05) is 0 Å². The topological polar surface area (TPSA) is 0 Å². The van der Waals surface area contributed by atoms with Gasteiger partial charge in [0, 0.05) is 0 Å². The standard InChI is InChI=1S/C15H24/c1-11(2)13-8-9-14-7-5-6-12(3)15(14,4)10-13/h9,12-13H,1,5-8,10H2,2-4H3/t12-,13?,15+/m0/s1. The molecule has 15 heavy (non-hydrogen) atoms. The van der Waals surface area contributed by atoms with E-state index < -0.39 is 0 Å². The maximum absolute atomic E-state index is 4.14. The van der Waals surface area contributed by atoms with Gasteiger partial charge in [-0.05, 0) is 56.3 Å². The molecule has 0 nitrogen and oxygen atoms in total. The Labute approximate surface area is 94.5 Å². The Bertz CT molecular complexity index is 297. The molecule has 0 bridgehead atoms. The van der Waals surface area contributed by atoms with Gasteiger partial charge in [-0.15, -0.1) is 0 Å². The third kappa shape index (κ3) is 1.79. The molecular formula is C15H24. The van der Waals surface area contributed by atoms with Gasteiger partial charge in [-0.25, -0.2) is 0 Å². The van der Waals surface area contributed by atoms with Crippen molar-refractivity contribution in [2.24, 2.45) is 17.3 Å². The summed E-state index contributed by atoms with van der Waals surface area (Å²) in [5.74, 6) is 1.60. The van der Waals surface area contributed by atoms with E-state index in [0.717, 1.165) is 11.8 Å². The van der Waals surface area contributed by atoms with Gasteiger partial charge in [-0.3, -0.25) is 0 Å². The molecule has 0 radical (unpaired) electrons. The Morgan fingerprint density at radius 1 is 1.53 bits per heavy atom. The fourth-order valence-electron chi connectivity index (χ4n) is 3.44. The summed E-state index contributed by atoms with van der Waals surface area (Å²) in [6, 6.07) is 0. The first-order valence-electron chi connectivity index (χ1n) is 6.39. The maximum atomic E-state index is 4.14. The first-order chi connectivity index (χ1) is 7.04. The number of fused-ring (bicyclic) bond motifs is 1. The fourth-order valence-corrected chi connectivity index (χ4v) is 3.44. The number of hydrogen-bond acceptors (Lipinski definition) is 0. The molecule has 3 atom stereocenters. The largest absolute Gasteiger partial charge is 0.0998 e. The second-order valence-electron chi connectivity index (χ2n) is 5.92. The lowest BCUT2D eigenvalue weighted by Crippen LogP contribution is -2.36. The van der Waals surface area contributed by atoms with E-state index in [0.29, 0.717) is 5.41 Å². The van der Waals surface area contributed by atoms with Gasteiger partial charge in [-0.1, -0.05) is 37.6 Å². The van der Waals surface area contributed by atoms with E-state index in [1.165, 1.54) is 37.7 Å². The van der Waals surface area contributed by atoms with E-state index in [2.05, 4.69) is 33.4 Å². The maximum Gasteiger partial charge on any atom is -0.00850 e. The second kappa shape index (κ2) is 3.81. The Morgan fingerprint density at radius 2 is 2.27 bits per heavy atom. The predicted octanol–water partition coefficient (Wildman–Crippen LogP) is 4.73. The molecule has 0 spiro atoms. The Hall–Kier alpha value is -0.520. The summed E-state index contributed by atoms with van der Waals surface area (Å²) in [5, 5.41) is 0. The zero-order valence-electron chi connectivity index (χ0n) is 10.5. The van der Waals surface area contributed by atoms with E-state index >= 15 is 0 Å². The molecule has 0 N–H and O–H groups in total. The highest BCUT2D eigenvalue weighted by Gasteiger charge is 2.41. The van der Waals surface area contributed by atoms with Crippen LogP contribution in [-0.2, 0) is 0 Å². The molecular weight excluding hydrogens is 180 g/mol. The van der Waals surface area contributed by atoms with Crippen LogP contribution in [0.2, 0.25) is 0 Å². The van der Waals surface area contributed by atoms with Crippen LogP contribution in [-0.4, -0.2) is 0 Å². The second-order valence-corrected chi connectivity index (χ2v) is 5.92. The van der Waals surface area contributed by atoms with Gasteiger partial charge < -0.3 is 0 Å². The molecule has 0 aliphatic heterocycles. The third-order valence-electron chi connectivity index (χ3n) is 4.92. The predicted molar refractivity (Wildman–Crippen MR) is 66.7 cm³/mol. The molecule has 0 heteroatoms. The summed E-state index contributed by atoms with van der Waals surface area (Å²) in [5.41, 5.74) is 3.61. The summed E-state index contributed by atoms with van der Waals surface area (Å²) >= 11 is 0. The van der Waals surface area contributed by atoms with Crippen LogP contribution in [0.4, 0.5) is 0 Å². The lowest BCUT2D eigenvalue weighted by atomic mass is 9.58. The molecule has 84 valence electrons. The van der Waals surface area contributed by atoms with Crippen molar-refractivity contribution >= 4 is 0 Å². The SMILES string of the molecule is C=C(C)C1CC=C2CCC[C@H](C)[C@@]2(C)C1. The zero-order valence-corrected chi connectivity index (χ0v) is 10.5. The molecule has 2 rings (SSSR count). The van der Waals surface area contributed by atoms with Crippen molar-refractivity contribution in [3.63, 3.8) is 0 Å². The van der Waals surface area contributed by atoms with Crippen LogP contribution in [0.5, 0.6) is 0 Å². The Kier molecular flexibility index (Phi) is 2.79. The van der Waals surface area contributed by atoms with Crippen LogP contribution in [0.3, 0.4) is 0 Å². The van der Waals surface area contributed by atoms with Gasteiger partial charge in [0.1, 0.15) is 0 Å². The fraction of sp³-hybridized carbons (Fsp3) is 0.733. The van der Waals surface area contributed by atoms with Gasteiger partial charge in [0.05, 0.1) is 0 Å².